The number of amides is 2. The largest absolute Gasteiger partial charge is 0.497 e. The highest BCUT2D eigenvalue weighted by atomic mass is 16.5. The fraction of sp³-hybridized carbons (Fsp3) is 0.484. The van der Waals surface area contributed by atoms with Crippen LogP contribution in [0.25, 0.3) is 0 Å². The van der Waals surface area contributed by atoms with Crippen molar-refractivity contribution in [1.82, 2.24) is 9.88 Å². The average molecular weight is 599 g/mol. The number of methoxy groups -OCH3 is 3. The van der Waals surface area contributed by atoms with Crippen LogP contribution in [0.4, 0.5) is 16.4 Å². The number of carbonyl (C=O) groups is 4. The fourth-order valence-electron chi connectivity index (χ4n) is 5.01. The Labute approximate surface area is 252 Å². The summed E-state index contributed by atoms with van der Waals surface area (Å²) in [5.74, 6) is -1.45. The number of benzene rings is 1. The highest BCUT2D eigenvalue weighted by Gasteiger charge is 2.45. The first kappa shape index (κ1) is 33.0. The van der Waals surface area contributed by atoms with Gasteiger partial charge in [0.05, 0.1) is 39.6 Å². The molecule has 0 spiro atoms. The second-order valence-electron chi connectivity index (χ2n) is 12.0. The van der Waals surface area contributed by atoms with Crippen LogP contribution in [0.3, 0.4) is 0 Å². The number of carbonyl (C=O) groups excluding carboxylic acids is 4. The Bertz CT molecular complexity index is 1440. The monoisotopic (exact) mass is 598 g/mol. The summed E-state index contributed by atoms with van der Waals surface area (Å²) in [5.41, 5.74) is -0.735. The van der Waals surface area contributed by atoms with Crippen molar-refractivity contribution in [1.29, 1.82) is 0 Å². The first-order valence-corrected chi connectivity index (χ1v) is 13.9. The van der Waals surface area contributed by atoms with Gasteiger partial charge in [-0.05, 0) is 73.1 Å². The molecule has 0 radical (unpaired) electrons. The Balaban J connectivity index is 2.51. The predicted molar refractivity (Wildman–Crippen MR) is 162 cm³/mol. The SMILES string of the molecule is CCOC(=O)C1=C(C)N(c2c(C(=O)OC)c(C(=O)OC)c(NC(C)(C)C)n2C(C)(C)C)C(=O)NC1c1ccc(OC)cc1. The van der Waals surface area contributed by atoms with Crippen molar-refractivity contribution in [3.8, 4) is 5.75 Å². The van der Waals surface area contributed by atoms with Crippen LogP contribution in [-0.4, -0.2) is 62.0 Å². The average Bonchev–Trinajstić information content (AvgIpc) is 3.25. The van der Waals surface area contributed by atoms with E-state index in [2.05, 4.69) is 10.6 Å². The number of esters is 3. The number of ether oxygens (including phenoxy) is 4. The summed E-state index contributed by atoms with van der Waals surface area (Å²) < 4.78 is 22.6. The van der Waals surface area contributed by atoms with Crippen molar-refractivity contribution in [3.63, 3.8) is 0 Å². The highest BCUT2D eigenvalue weighted by Crippen LogP contribution is 2.44. The molecule has 0 aliphatic carbocycles. The molecule has 12 heteroatoms. The molecule has 2 aromatic rings. The zero-order valence-electron chi connectivity index (χ0n) is 26.8. The third-order valence-corrected chi connectivity index (χ3v) is 6.73. The maximum Gasteiger partial charge on any atom is 0.342 e. The van der Waals surface area contributed by atoms with E-state index < -0.39 is 41.1 Å². The Kier molecular flexibility index (Phi) is 9.53. The van der Waals surface area contributed by atoms with Crippen LogP contribution >= 0.6 is 0 Å². The first-order chi connectivity index (χ1) is 20.0. The Morgan fingerprint density at radius 2 is 1.47 bits per heavy atom. The van der Waals surface area contributed by atoms with Crippen molar-refractivity contribution in [2.75, 3.05) is 38.2 Å². The van der Waals surface area contributed by atoms with E-state index >= 15 is 0 Å². The van der Waals surface area contributed by atoms with E-state index in [1.807, 2.05) is 41.5 Å². The zero-order chi connectivity index (χ0) is 32.4. The smallest absolute Gasteiger partial charge is 0.342 e. The minimum Gasteiger partial charge on any atom is -0.497 e. The number of hydrogen-bond acceptors (Lipinski definition) is 9. The molecule has 2 N–H and O–H groups in total. The molecule has 0 saturated carbocycles. The molecule has 0 fully saturated rings. The third kappa shape index (κ3) is 6.47. The van der Waals surface area contributed by atoms with Gasteiger partial charge in [-0.1, -0.05) is 12.1 Å². The van der Waals surface area contributed by atoms with E-state index in [9.17, 15) is 19.2 Å². The number of nitrogens with zero attached hydrogens (tertiary/aromatic N) is 2. The van der Waals surface area contributed by atoms with E-state index in [0.717, 1.165) is 0 Å². The van der Waals surface area contributed by atoms with Gasteiger partial charge in [0.25, 0.3) is 0 Å². The molecule has 0 saturated heterocycles. The van der Waals surface area contributed by atoms with Crippen LogP contribution < -0.4 is 20.3 Å². The molecule has 234 valence electrons. The number of nitrogens with one attached hydrogen (secondary N) is 2. The molecule has 0 bridgehead atoms. The fourth-order valence-corrected chi connectivity index (χ4v) is 5.01. The van der Waals surface area contributed by atoms with Gasteiger partial charge >= 0.3 is 23.9 Å². The molecule has 12 nitrogen and oxygen atoms in total. The summed E-state index contributed by atoms with van der Waals surface area (Å²) in [6, 6.07) is 5.41. The number of aromatic nitrogens is 1. The van der Waals surface area contributed by atoms with E-state index in [-0.39, 0.29) is 40.6 Å². The van der Waals surface area contributed by atoms with Gasteiger partial charge in [0.15, 0.2) is 0 Å². The van der Waals surface area contributed by atoms with Crippen LogP contribution in [0.5, 0.6) is 5.75 Å². The molecule has 1 aliphatic heterocycles. The quantitative estimate of drug-likeness (QED) is 0.312. The van der Waals surface area contributed by atoms with Gasteiger partial charge in [0.2, 0.25) is 0 Å². The van der Waals surface area contributed by atoms with E-state index in [1.54, 1.807) is 42.7 Å². The van der Waals surface area contributed by atoms with Crippen LogP contribution in [0.1, 0.15) is 87.7 Å². The van der Waals surface area contributed by atoms with Crippen molar-refractivity contribution < 1.29 is 38.1 Å². The van der Waals surface area contributed by atoms with Gasteiger partial charge in [0, 0.05) is 16.8 Å². The summed E-state index contributed by atoms with van der Waals surface area (Å²) in [6.07, 6.45) is 0. The lowest BCUT2D eigenvalue weighted by molar-refractivity contribution is -0.139. The van der Waals surface area contributed by atoms with Crippen LogP contribution in [0.2, 0.25) is 0 Å². The van der Waals surface area contributed by atoms with Gasteiger partial charge in [0.1, 0.15) is 28.5 Å². The predicted octanol–water partition coefficient (Wildman–Crippen LogP) is 5.14. The minimum atomic E-state index is -0.874. The standard InChI is InChI=1S/C31H42N4O8/c1-12-43-28(38)20-17(2)34(29(39)32-23(20)18-13-15-19(40-9)16-14-18)25-22(27(37)42-11)21(26(36)41-10)24(33-30(3,4)5)35(25)31(6,7)8/h13-16,23,33H,12H2,1-11H3,(H,32,39). The summed E-state index contributed by atoms with van der Waals surface area (Å²) in [7, 11) is 3.93. The van der Waals surface area contributed by atoms with Gasteiger partial charge < -0.3 is 34.1 Å². The summed E-state index contributed by atoms with van der Waals surface area (Å²) >= 11 is 0. The van der Waals surface area contributed by atoms with Crippen molar-refractivity contribution in [3.05, 3.63) is 52.2 Å². The molecule has 1 atom stereocenters. The summed E-state index contributed by atoms with van der Waals surface area (Å²) in [6.45, 7) is 14.6. The van der Waals surface area contributed by atoms with Crippen LogP contribution in [-0.2, 0) is 24.5 Å². The second-order valence-corrected chi connectivity index (χ2v) is 12.0. The molecule has 1 unspecified atom stereocenters. The number of hydrogen-bond donors (Lipinski definition) is 2. The van der Waals surface area contributed by atoms with Crippen molar-refractivity contribution in [2.24, 2.45) is 0 Å². The number of urea groups is 1. The zero-order valence-corrected chi connectivity index (χ0v) is 26.8. The maximum atomic E-state index is 14.1. The van der Waals surface area contributed by atoms with Crippen molar-refractivity contribution >= 4 is 35.6 Å². The Hall–Kier alpha value is -4.48. The Morgan fingerprint density at radius 3 is 1.93 bits per heavy atom. The summed E-state index contributed by atoms with van der Waals surface area (Å²) in [5, 5.41) is 6.23. The lowest BCUT2D eigenvalue weighted by Gasteiger charge is -2.38. The second kappa shape index (κ2) is 12.4. The van der Waals surface area contributed by atoms with E-state index in [4.69, 9.17) is 18.9 Å². The topological polar surface area (TPSA) is 137 Å². The van der Waals surface area contributed by atoms with E-state index in [0.29, 0.717) is 11.3 Å². The lowest BCUT2D eigenvalue weighted by atomic mass is 9.94. The first-order valence-electron chi connectivity index (χ1n) is 13.9. The highest BCUT2D eigenvalue weighted by molar-refractivity contribution is 6.14. The molecule has 2 amide bonds. The molecule has 43 heavy (non-hydrogen) atoms. The molecule has 1 aliphatic rings. The van der Waals surface area contributed by atoms with Gasteiger partial charge in [-0.15, -0.1) is 0 Å². The van der Waals surface area contributed by atoms with Gasteiger partial charge in [-0.25, -0.2) is 19.2 Å². The minimum absolute atomic E-state index is 0.0245. The normalized spacial score (nSPS) is 15.6. The van der Waals surface area contributed by atoms with Crippen molar-refractivity contribution in [2.45, 2.75) is 72.5 Å². The molecule has 1 aromatic carbocycles. The number of anilines is 2. The molecular formula is C31H42N4O8. The van der Waals surface area contributed by atoms with Crippen LogP contribution in [0.15, 0.2) is 35.5 Å². The lowest BCUT2D eigenvalue weighted by Crippen LogP contribution is -2.50. The molecule has 3 rings (SSSR count). The third-order valence-electron chi connectivity index (χ3n) is 6.73. The molecular weight excluding hydrogens is 556 g/mol. The number of rotatable bonds is 8. The number of allylic oxidation sites excluding steroid dienone is 1. The maximum absolute atomic E-state index is 14.1. The Morgan fingerprint density at radius 1 is 0.907 bits per heavy atom. The van der Waals surface area contributed by atoms with Gasteiger partial charge in [-0.2, -0.15) is 0 Å². The van der Waals surface area contributed by atoms with E-state index in [1.165, 1.54) is 26.2 Å². The molecule has 2 heterocycles. The summed E-state index contributed by atoms with van der Waals surface area (Å²) in [4.78, 5) is 55.7. The van der Waals surface area contributed by atoms with Gasteiger partial charge in [-0.3, -0.25) is 4.90 Å². The van der Waals surface area contributed by atoms with Crippen LogP contribution in [0, 0.1) is 0 Å². The molecule has 1 aromatic heterocycles.